The summed E-state index contributed by atoms with van der Waals surface area (Å²) in [6.45, 7) is 19.7. The van der Waals surface area contributed by atoms with Crippen LogP contribution in [0.3, 0.4) is 0 Å². The molecule has 0 fully saturated rings. The van der Waals surface area contributed by atoms with Crippen molar-refractivity contribution >= 4 is 11.0 Å². The first-order valence-corrected chi connectivity index (χ1v) is 20.4. The van der Waals surface area contributed by atoms with E-state index < -0.39 is 0 Å². The van der Waals surface area contributed by atoms with E-state index in [0.29, 0.717) is 11.4 Å². The number of hydrogen-bond acceptors (Lipinski definition) is 4. The summed E-state index contributed by atoms with van der Waals surface area (Å²) in [6.07, 6.45) is 1.87. The number of fused-ring (bicyclic) bond motifs is 1. The Hall–Kier alpha value is -5.77. The van der Waals surface area contributed by atoms with Gasteiger partial charge in [-0.1, -0.05) is 158 Å². The van der Waals surface area contributed by atoms with Crippen LogP contribution in [-0.4, -0.2) is 24.7 Å². The number of aromatic hydroxyl groups is 2. The summed E-state index contributed by atoms with van der Waals surface area (Å²) in [7, 11) is 0. The molecule has 0 spiro atoms. The number of nitrogens with zero attached hydrogens (tertiary/aromatic N) is 3. The minimum Gasteiger partial charge on any atom is -0.508 e. The normalized spacial score (nSPS) is 12.1. The van der Waals surface area contributed by atoms with E-state index in [9.17, 15) is 10.2 Å². The number of benzene rings is 6. The smallest absolute Gasteiger partial charge is 0.148 e. The SMILES string of the molecule is CC(C)(C)c1cc(-c2cc(-c3ccccc3)ccn2)[c-]c(-c2cccc3c2nc(-c2cc(C(C)(C)C)cc(C(C)(C)C)c2O)n3-c2ccc(O)cc2-c2ccccc2)c1.[Pt]. The number of pyridine rings is 1. The molecule has 0 unspecified atom stereocenters. The van der Waals surface area contributed by atoms with E-state index >= 15 is 0 Å². The molecule has 0 aliphatic carbocycles. The van der Waals surface area contributed by atoms with E-state index in [1.54, 1.807) is 12.1 Å². The van der Waals surface area contributed by atoms with Crippen LogP contribution in [0.1, 0.15) is 79.0 Å². The number of hydrogen-bond donors (Lipinski definition) is 2. The van der Waals surface area contributed by atoms with E-state index in [-0.39, 0.29) is 48.8 Å². The number of phenolic OH excluding ortho intramolecular Hbond substituents is 2. The Bertz CT molecular complexity index is 2840. The number of phenols is 2. The zero-order valence-corrected chi connectivity index (χ0v) is 38.1. The fraction of sp³-hybridized carbons (Fsp3) is 0.222. The Morgan fingerprint density at radius 2 is 1.17 bits per heavy atom. The molecule has 2 heterocycles. The number of imidazole rings is 1. The third-order valence-corrected chi connectivity index (χ3v) is 11.2. The molecule has 0 saturated carbocycles. The van der Waals surface area contributed by atoms with Crippen molar-refractivity contribution in [1.82, 2.24) is 14.5 Å². The predicted octanol–water partition coefficient (Wildman–Crippen LogP) is 13.9. The van der Waals surface area contributed by atoms with E-state index in [1.807, 2.05) is 54.7 Å². The molecule has 6 aromatic carbocycles. The van der Waals surface area contributed by atoms with Gasteiger partial charge in [0.2, 0.25) is 0 Å². The van der Waals surface area contributed by atoms with Gasteiger partial charge in [0.1, 0.15) is 17.3 Å². The molecule has 0 aliphatic heterocycles. The third-order valence-electron chi connectivity index (χ3n) is 11.2. The maximum Gasteiger partial charge on any atom is 0.148 e. The van der Waals surface area contributed by atoms with Crippen LogP contribution in [0.2, 0.25) is 0 Å². The van der Waals surface area contributed by atoms with E-state index in [4.69, 9.17) is 9.97 Å². The molecule has 2 N–H and O–H groups in total. The van der Waals surface area contributed by atoms with Crippen LogP contribution in [0.25, 0.3) is 72.7 Å². The summed E-state index contributed by atoms with van der Waals surface area (Å²) in [5.74, 6) is 0.975. The molecule has 0 aliphatic rings. The molecule has 6 heteroatoms. The van der Waals surface area contributed by atoms with Crippen LogP contribution in [0.15, 0.2) is 140 Å². The molecule has 60 heavy (non-hydrogen) atoms. The summed E-state index contributed by atoms with van der Waals surface area (Å²) >= 11 is 0. The number of aromatic nitrogens is 3. The molecule has 8 rings (SSSR count). The molecule has 0 bridgehead atoms. The second kappa shape index (κ2) is 16.0. The van der Waals surface area contributed by atoms with Crippen LogP contribution < -0.4 is 0 Å². The summed E-state index contributed by atoms with van der Waals surface area (Å²) in [5, 5.41) is 23.3. The maximum atomic E-state index is 12.4. The second-order valence-electron chi connectivity index (χ2n) is 18.7. The topological polar surface area (TPSA) is 71.2 Å². The molecule has 5 nitrogen and oxygen atoms in total. The van der Waals surface area contributed by atoms with E-state index in [2.05, 4.69) is 146 Å². The Balaban J connectivity index is 0.00000544. The van der Waals surface area contributed by atoms with Gasteiger partial charge in [0.15, 0.2) is 0 Å². The molecule has 2 aromatic heterocycles. The summed E-state index contributed by atoms with van der Waals surface area (Å²) in [5.41, 5.74) is 13.1. The van der Waals surface area contributed by atoms with Gasteiger partial charge in [-0.25, -0.2) is 4.98 Å². The first-order chi connectivity index (χ1) is 28.0. The van der Waals surface area contributed by atoms with Gasteiger partial charge in [0, 0.05) is 44.1 Å². The van der Waals surface area contributed by atoms with Crippen molar-refractivity contribution in [3.05, 3.63) is 162 Å². The Morgan fingerprint density at radius 1 is 0.533 bits per heavy atom. The van der Waals surface area contributed by atoms with Gasteiger partial charge >= 0.3 is 0 Å². The van der Waals surface area contributed by atoms with Gasteiger partial charge in [-0.3, -0.25) is 9.55 Å². The van der Waals surface area contributed by atoms with Crippen molar-refractivity contribution in [3.63, 3.8) is 0 Å². The zero-order valence-electron chi connectivity index (χ0n) is 35.8. The molecule has 8 aromatic rings. The fourth-order valence-corrected chi connectivity index (χ4v) is 7.79. The van der Waals surface area contributed by atoms with E-state index in [0.717, 1.165) is 78.0 Å². The third kappa shape index (κ3) is 8.21. The van der Waals surface area contributed by atoms with Crippen molar-refractivity contribution in [2.75, 3.05) is 0 Å². The summed E-state index contributed by atoms with van der Waals surface area (Å²) < 4.78 is 2.15. The Morgan fingerprint density at radius 3 is 1.82 bits per heavy atom. The fourth-order valence-electron chi connectivity index (χ4n) is 7.79. The molecule has 0 atom stereocenters. The number of rotatable bonds is 6. The largest absolute Gasteiger partial charge is 0.508 e. The van der Waals surface area contributed by atoms with Crippen molar-refractivity contribution in [2.24, 2.45) is 0 Å². The Labute approximate surface area is 369 Å². The van der Waals surface area contributed by atoms with Gasteiger partial charge in [0.25, 0.3) is 0 Å². The predicted molar refractivity (Wildman–Crippen MR) is 244 cm³/mol. The Kier molecular flexibility index (Phi) is 11.3. The van der Waals surface area contributed by atoms with Gasteiger partial charge in [-0.15, -0.1) is 29.3 Å². The first-order valence-electron chi connectivity index (χ1n) is 20.4. The average Bonchev–Trinajstić information content (AvgIpc) is 3.59. The van der Waals surface area contributed by atoms with Gasteiger partial charge in [-0.05, 0) is 74.9 Å². The zero-order chi connectivity index (χ0) is 41.9. The van der Waals surface area contributed by atoms with Crippen molar-refractivity contribution in [2.45, 2.75) is 78.6 Å². The minimum absolute atomic E-state index is 0. The molecular weight excluding hydrogens is 918 g/mol. The van der Waals surface area contributed by atoms with Crippen molar-refractivity contribution in [1.29, 1.82) is 0 Å². The van der Waals surface area contributed by atoms with E-state index in [1.165, 1.54) is 0 Å². The van der Waals surface area contributed by atoms with Crippen LogP contribution in [0, 0.1) is 6.07 Å². The quantitative estimate of drug-likeness (QED) is 0.163. The van der Waals surface area contributed by atoms with Gasteiger partial charge in [-0.2, -0.15) is 0 Å². The molecular formula is C54H52N3O2Pt-. The van der Waals surface area contributed by atoms with Crippen molar-refractivity contribution < 1.29 is 31.3 Å². The second-order valence-corrected chi connectivity index (χ2v) is 18.7. The molecule has 0 radical (unpaired) electrons. The van der Waals surface area contributed by atoms with Gasteiger partial charge in [0.05, 0.1) is 22.3 Å². The average molecular weight is 970 g/mol. The van der Waals surface area contributed by atoms with Crippen LogP contribution >= 0.6 is 0 Å². The molecule has 0 saturated heterocycles. The summed E-state index contributed by atoms with van der Waals surface area (Å²) in [6, 6.07) is 48.8. The minimum atomic E-state index is -0.347. The molecule has 0 amide bonds. The number of para-hydroxylation sites is 1. The molecule has 306 valence electrons. The van der Waals surface area contributed by atoms with Crippen LogP contribution in [-0.2, 0) is 37.3 Å². The monoisotopic (exact) mass is 969 g/mol. The van der Waals surface area contributed by atoms with Crippen LogP contribution in [0.5, 0.6) is 11.5 Å². The van der Waals surface area contributed by atoms with Crippen molar-refractivity contribution in [3.8, 4) is 73.2 Å². The summed E-state index contributed by atoms with van der Waals surface area (Å²) in [4.78, 5) is 10.4. The standard InChI is InChI=1S/C54H52N3O2.Pt/c1-52(2,3)39-28-37(27-38(29-39)46-30-36(25-26-55-46)34-17-12-10-13-18-34)42-21-16-22-48-49(42)56-51(44-31-40(53(4,5)6)32-45(50(44)59)54(7,8)9)57(48)47-24-23-41(58)33-43(47)35-19-14-11-15-20-35;/h10-26,28-33,58-59H,1-9H3;/q-1;. The van der Waals surface area contributed by atoms with Gasteiger partial charge < -0.3 is 10.2 Å². The van der Waals surface area contributed by atoms with Crippen LogP contribution in [0.4, 0.5) is 0 Å². The maximum absolute atomic E-state index is 12.4. The first kappa shape index (κ1) is 42.4.